The number of hydrogen-bond acceptors (Lipinski definition) is 3. The zero-order chi connectivity index (χ0) is 13.0. The highest BCUT2D eigenvalue weighted by atomic mass is 32.2. The van der Waals surface area contributed by atoms with E-state index >= 15 is 0 Å². The van der Waals surface area contributed by atoms with Crippen molar-refractivity contribution in [3.8, 4) is 0 Å². The van der Waals surface area contributed by atoms with Crippen LogP contribution in [0.1, 0.15) is 5.56 Å². The lowest BCUT2D eigenvalue weighted by Crippen LogP contribution is -2.14. The van der Waals surface area contributed by atoms with Crippen LogP contribution in [-0.2, 0) is 16.6 Å². The average molecular weight is 263 g/mol. The minimum atomic E-state index is -3.61. The molecule has 2 aromatic carbocycles. The van der Waals surface area contributed by atoms with E-state index < -0.39 is 10.0 Å². The smallest absolute Gasteiger partial charge is 0.261 e. The molecule has 0 bridgehead atoms. The van der Waals surface area contributed by atoms with Gasteiger partial charge >= 0.3 is 0 Å². The summed E-state index contributed by atoms with van der Waals surface area (Å²) in [6.45, 7) is -0.215. The first kappa shape index (κ1) is 12.6. The maximum absolute atomic E-state index is 12.1. The predicted octanol–water partition coefficient (Wildman–Crippen LogP) is 1.98. The average Bonchev–Trinajstić information content (AvgIpc) is 2.40. The molecule has 0 aromatic heterocycles. The lowest BCUT2D eigenvalue weighted by Gasteiger charge is -2.11. The molecule has 4 nitrogen and oxygen atoms in total. The minimum absolute atomic E-state index is 0.192. The minimum Gasteiger partial charge on any atom is -0.392 e. The van der Waals surface area contributed by atoms with Crippen LogP contribution < -0.4 is 4.72 Å². The van der Waals surface area contributed by atoms with Gasteiger partial charge in [-0.25, -0.2) is 8.42 Å². The van der Waals surface area contributed by atoms with E-state index in [2.05, 4.69) is 4.72 Å². The van der Waals surface area contributed by atoms with E-state index in [-0.39, 0.29) is 11.5 Å². The normalized spacial score (nSPS) is 11.2. The molecule has 0 saturated heterocycles. The molecule has 0 amide bonds. The van der Waals surface area contributed by atoms with E-state index in [1.807, 2.05) is 0 Å². The molecule has 0 heterocycles. The maximum atomic E-state index is 12.1. The number of sulfonamides is 1. The molecule has 0 spiro atoms. The molecule has 2 aromatic rings. The van der Waals surface area contributed by atoms with Crippen molar-refractivity contribution in [2.75, 3.05) is 4.72 Å². The summed E-state index contributed by atoms with van der Waals surface area (Å²) in [5, 5.41) is 9.15. The molecule has 18 heavy (non-hydrogen) atoms. The molecule has 0 unspecified atom stereocenters. The van der Waals surface area contributed by atoms with Crippen LogP contribution in [0.2, 0.25) is 0 Å². The number of nitrogens with one attached hydrogen (secondary N) is 1. The molecule has 0 fully saturated rings. The Bertz CT molecular complexity index is 624. The van der Waals surface area contributed by atoms with E-state index in [0.29, 0.717) is 11.3 Å². The molecular formula is C13H13NO3S. The van der Waals surface area contributed by atoms with E-state index in [4.69, 9.17) is 5.11 Å². The van der Waals surface area contributed by atoms with Crippen LogP contribution in [0, 0.1) is 0 Å². The van der Waals surface area contributed by atoms with Crippen molar-refractivity contribution >= 4 is 15.7 Å². The molecule has 0 aliphatic heterocycles. The van der Waals surface area contributed by atoms with Gasteiger partial charge in [-0.05, 0) is 18.2 Å². The fraction of sp³-hybridized carbons (Fsp3) is 0.0769. The fourth-order valence-electron chi connectivity index (χ4n) is 1.56. The highest BCUT2D eigenvalue weighted by Gasteiger charge is 2.14. The fourth-order valence-corrected chi connectivity index (χ4v) is 2.68. The summed E-state index contributed by atoms with van der Waals surface area (Å²) in [5.41, 5.74) is 0.931. The number of aliphatic hydroxyl groups is 1. The number of anilines is 1. The summed E-state index contributed by atoms with van der Waals surface area (Å²) < 4.78 is 26.6. The second kappa shape index (κ2) is 5.20. The van der Waals surface area contributed by atoms with Crippen LogP contribution in [0.5, 0.6) is 0 Å². The summed E-state index contributed by atoms with van der Waals surface area (Å²) in [6, 6.07) is 14.8. The van der Waals surface area contributed by atoms with Gasteiger partial charge in [-0.1, -0.05) is 36.4 Å². The Morgan fingerprint density at radius 1 is 0.944 bits per heavy atom. The van der Waals surface area contributed by atoms with Gasteiger partial charge in [-0.3, -0.25) is 4.72 Å². The van der Waals surface area contributed by atoms with E-state index in [0.717, 1.165) is 0 Å². The first-order valence-electron chi connectivity index (χ1n) is 5.40. The first-order valence-corrected chi connectivity index (χ1v) is 6.88. The molecule has 0 aliphatic rings. The molecule has 2 N–H and O–H groups in total. The second-order valence-electron chi connectivity index (χ2n) is 3.73. The number of rotatable bonds is 4. The summed E-state index contributed by atoms with van der Waals surface area (Å²) in [7, 11) is -3.61. The summed E-state index contributed by atoms with van der Waals surface area (Å²) in [5.74, 6) is 0. The summed E-state index contributed by atoms with van der Waals surface area (Å²) in [4.78, 5) is 0.192. The van der Waals surface area contributed by atoms with Gasteiger partial charge < -0.3 is 5.11 Å². The van der Waals surface area contributed by atoms with Gasteiger partial charge in [0.2, 0.25) is 0 Å². The molecule has 0 aliphatic carbocycles. The Labute approximate surface area is 106 Å². The molecule has 94 valence electrons. The highest BCUT2D eigenvalue weighted by molar-refractivity contribution is 7.92. The van der Waals surface area contributed by atoms with E-state index in [1.165, 1.54) is 12.1 Å². The van der Waals surface area contributed by atoms with E-state index in [1.54, 1.807) is 42.5 Å². The van der Waals surface area contributed by atoms with Crippen molar-refractivity contribution in [1.82, 2.24) is 0 Å². The first-order chi connectivity index (χ1) is 8.63. The molecule has 0 radical (unpaired) electrons. The monoisotopic (exact) mass is 263 g/mol. The molecule has 0 saturated carbocycles. The van der Waals surface area contributed by atoms with Crippen LogP contribution in [0.4, 0.5) is 5.69 Å². The third-order valence-corrected chi connectivity index (χ3v) is 3.87. The van der Waals surface area contributed by atoms with Crippen LogP contribution >= 0.6 is 0 Å². The van der Waals surface area contributed by atoms with Crippen LogP contribution in [0.25, 0.3) is 0 Å². The zero-order valence-corrected chi connectivity index (χ0v) is 10.4. The quantitative estimate of drug-likeness (QED) is 0.886. The van der Waals surface area contributed by atoms with Crippen molar-refractivity contribution in [2.24, 2.45) is 0 Å². The van der Waals surface area contributed by atoms with Crippen LogP contribution in [0.3, 0.4) is 0 Å². The van der Waals surface area contributed by atoms with Crippen LogP contribution in [-0.4, -0.2) is 13.5 Å². The Balaban J connectivity index is 2.34. The van der Waals surface area contributed by atoms with Gasteiger partial charge in [0.25, 0.3) is 10.0 Å². The number of benzene rings is 2. The third kappa shape index (κ3) is 2.69. The van der Waals surface area contributed by atoms with Gasteiger partial charge in [-0.15, -0.1) is 0 Å². The van der Waals surface area contributed by atoms with Gasteiger partial charge in [0.05, 0.1) is 17.2 Å². The molecule has 0 atom stereocenters. The third-order valence-electron chi connectivity index (χ3n) is 2.49. The molecular weight excluding hydrogens is 250 g/mol. The highest BCUT2D eigenvalue weighted by Crippen LogP contribution is 2.19. The number of aliphatic hydroxyl groups excluding tert-OH is 1. The second-order valence-corrected chi connectivity index (χ2v) is 5.42. The Hall–Kier alpha value is -1.85. The molecule has 5 heteroatoms. The lowest BCUT2D eigenvalue weighted by atomic mass is 10.2. The summed E-state index contributed by atoms with van der Waals surface area (Å²) in [6.07, 6.45) is 0. The Kier molecular flexibility index (Phi) is 3.64. The Morgan fingerprint density at radius 3 is 2.22 bits per heavy atom. The Morgan fingerprint density at radius 2 is 1.56 bits per heavy atom. The van der Waals surface area contributed by atoms with Gasteiger partial charge in [0.15, 0.2) is 0 Å². The van der Waals surface area contributed by atoms with Crippen molar-refractivity contribution < 1.29 is 13.5 Å². The molecule has 2 rings (SSSR count). The SMILES string of the molecule is O=S(=O)(Nc1ccccc1CO)c1ccccc1. The van der Waals surface area contributed by atoms with Crippen molar-refractivity contribution in [3.05, 3.63) is 60.2 Å². The maximum Gasteiger partial charge on any atom is 0.261 e. The van der Waals surface area contributed by atoms with Gasteiger partial charge in [0, 0.05) is 5.56 Å². The van der Waals surface area contributed by atoms with Crippen molar-refractivity contribution in [1.29, 1.82) is 0 Å². The van der Waals surface area contributed by atoms with Gasteiger partial charge in [-0.2, -0.15) is 0 Å². The van der Waals surface area contributed by atoms with Crippen LogP contribution in [0.15, 0.2) is 59.5 Å². The van der Waals surface area contributed by atoms with Crippen molar-refractivity contribution in [3.63, 3.8) is 0 Å². The zero-order valence-electron chi connectivity index (χ0n) is 9.58. The van der Waals surface area contributed by atoms with E-state index in [9.17, 15) is 8.42 Å². The largest absolute Gasteiger partial charge is 0.392 e. The topological polar surface area (TPSA) is 66.4 Å². The summed E-state index contributed by atoms with van der Waals surface area (Å²) >= 11 is 0. The standard InChI is InChI=1S/C13H13NO3S/c15-10-11-6-4-5-9-13(11)14-18(16,17)12-7-2-1-3-8-12/h1-9,14-15H,10H2. The lowest BCUT2D eigenvalue weighted by molar-refractivity contribution is 0.282. The van der Waals surface area contributed by atoms with Crippen molar-refractivity contribution in [2.45, 2.75) is 11.5 Å². The number of para-hydroxylation sites is 1. The van der Waals surface area contributed by atoms with Gasteiger partial charge in [0.1, 0.15) is 0 Å². The number of hydrogen-bond donors (Lipinski definition) is 2. The predicted molar refractivity (Wildman–Crippen MR) is 69.6 cm³/mol.